The lowest BCUT2D eigenvalue weighted by atomic mass is 9.95. The molecule has 0 radical (unpaired) electrons. The van der Waals surface area contributed by atoms with Crippen LogP contribution in [0, 0.1) is 10.5 Å². The van der Waals surface area contributed by atoms with E-state index >= 15 is 0 Å². The van der Waals surface area contributed by atoms with Gasteiger partial charge in [-0.05, 0) is 100 Å². The van der Waals surface area contributed by atoms with E-state index in [4.69, 9.17) is 18.9 Å². The molecule has 3 amide bonds. The molecule has 1 aliphatic rings. The number of halogens is 2. The average molecular weight is 791 g/mol. The second-order valence-corrected chi connectivity index (χ2v) is 11.9. The summed E-state index contributed by atoms with van der Waals surface area (Å²) in [6.07, 6.45) is 1.52. The Morgan fingerprint density at radius 2 is 1.82 bits per heavy atom. The third-order valence-corrected chi connectivity index (χ3v) is 7.96. The van der Waals surface area contributed by atoms with Crippen molar-refractivity contribution in [2.45, 2.75) is 33.4 Å². The Kier molecular flexibility index (Phi) is 11.8. The van der Waals surface area contributed by atoms with Crippen LogP contribution in [-0.2, 0) is 20.9 Å². The van der Waals surface area contributed by atoms with E-state index in [0.717, 1.165) is 24.9 Å². The lowest BCUT2D eigenvalue weighted by Gasteiger charge is -2.28. The normalized spacial score (nSPS) is 14.4. The van der Waals surface area contributed by atoms with Gasteiger partial charge in [0.25, 0.3) is 5.91 Å². The Bertz CT molecular complexity index is 1620. The molecule has 0 bridgehead atoms. The molecule has 3 N–H and O–H groups in total. The molecule has 3 aromatic rings. The number of esters is 1. The maximum absolute atomic E-state index is 12.6. The van der Waals surface area contributed by atoms with Gasteiger partial charge in [0.2, 0.25) is 0 Å². The molecule has 3 aromatic carbocycles. The molecule has 0 unspecified atom stereocenters. The molecule has 1 aliphatic heterocycles. The largest absolute Gasteiger partial charge is 0.493 e. The standard InChI is InChI=1S/C32H32BrIN4O7/c1-5-43-31(40)28-19(3)36-32(41)37-29(28)22-10-11-25(26(14-22)42-4)44-17-27(39)38-35-15-21-12-23(33)30(24(34)13-21)45-16-20-8-6-18(2)7-9-20/h6-15,29H,5,16-17H2,1-4H3,(H,38,39)(H2,36,37,41)/b35-15-/t29-/m1/s1. The van der Waals surface area contributed by atoms with Gasteiger partial charge in [0, 0.05) is 5.70 Å². The molecule has 1 heterocycles. The summed E-state index contributed by atoms with van der Waals surface area (Å²) >= 11 is 5.75. The van der Waals surface area contributed by atoms with Gasteiger partial charge < -0.3 is 29.6 Å². The fourth-order valence-electron chi connectivity index (χ4n) is 4.39. The van der Waals surface area contributed by atoms with Crippen molar-refractivity contribution in [1.82, 2.24) is 16.1 Å². The van der Waals surface area contributed by atoms with E-state index in [-0.39, 0.29) is 18.8 Å². The van der Waals surface area contributed by atoms with E-state index in [1.807, 2.05) is 43.3 Å². The fourth-order valence-corrected chi connectivity index (χ4v) is 6.16. The molecule has 236 valence electrons. The number of hydrogen-bond donors (Lipinski definition) is 3. The smallest absolute Gasteiger partial charge is 0.338 e. The first-order valence-corrected chi connectivity index (χ1v) is 15.7. The van der Waals surface area contributed by atoms with Crippen LogP contribution < -0.4 is 30.3 Å². The molecule has 0 spiro atoms. The van der Waals surface area contributed by atoms with Gasteiger partial charge in [-0.15, -0.1) is 0 Å². The van der Waals surface area contributed by atoms with Crippen LogP contribution in [0.25, 0.3) is 0 Å². The van der Waals surface area contributed by atoms with Gasteiger partial charge in [0.15, 0.2) is 18.1 Å². The summed E-state index contributed by atoms with van der Waals surface area (Å²) in [5.74, 6) is 0.281. The number of hydrazone groups is 1. The summed E-state index contributed by atoms with van der Waals surface area (Å²) in [7, 11) is 1.45. The first kappa shape index (κ1) is 33.8. The lowest BCUT2D eigenvalue weighted by molar-refractivity contribution is -0.139. The van der Waals surface area contributed by atoms with Gasteiger partial charge >= 0.3 is 12.0 Å². The summed E-state index contributed by atoms with van der Waals surface area (Å²) in [5, 5.41) is 9.38. The van der Waals surface area contributed by atoms with Crippen molar-refractivity contribution in [3.05, 3.63) is 96.2 Å². The number of ether oxygens (including phenoxy) is 4. The number of benzene rings is 3. The molecule has 0 aliphatic carbocycles. The van der Waals surface area contributed by atoms with Crippen molar-refractivity contribution in [3.63, 3.8) is 0 Å². The number of nitrogens with one attached hydrogen (secondary N) is 3. The molecule has 4 rings (SSSR count). The molecule has 1 atom stereocenters. The number of aryl methyl sites for hydroxylation is 1. The zero-order chi connectivity index (χ0) is 32.5. The zero-order valence-corrected chi connectivity index (χ0v) is 28.8. The SMILES string of the molecule is CCOC(=O)C1=C(C)NC(=O)N[C@@H]1c1ccc(OCC(=O)N/N=C\c2cc(Br)c(OCc3ccc(C)cc3)c(I)c2)c(OC)c1. The van der Waals surface area contributed by atoms with Crippen molar-refractivity contribution >= 4 is 62.6 Å². The van der Waals surface area contributed by atoms with Crippen LogP contribution in [0.5, 0.6) is 17.2 Å². The quantitative estimate of drug-likeness (QED) is 0.0932. The van der Waals surface area contributed by atoms with E-state index in [1.54, 1.807) is 32.0 Å². The van der Waals surface area contributed by atoms with Gasteiger partial charge in [0.05, 0.1) is 39.6 Å². The van der Waals surface area contributed by atoms with Crippen LogP contribution in [-0.4, -0.2) is 44.4 Å². The van der Waals surface area contributed by atoms with Crippen molar-refractivity contribution in [1.29, 1.82) is 0 Å². The summed E-state index contributed by atoms with van der Waals surface area (Å²) < 4.78 is 24.0. The Morgan fingerprint density at radius 1 is 1.07 bits per heavy atom. The Labute approximate surface area is 283 Å². The van der Waals surface area contributed by atoms with E-state index in [9.17, 15) is 14.4 Å². The molecule has 0 saturated carbocycles. The highest BCUT2D eigenvalue weighted by Crippen LogP contribution is 2.35. The van der Waals surface area contributed by atoms with Crippen LogP contribution in [0.2, 0.25) is 0 Å². The molecule has 0 fully saturated rings. The minimum atomic E-state index is -0.768. The molecule has 45 heavy (non-hydrogen) atoms. The third kappa shape index (κ3) is 8.97. The molecular weight excluding hydrogens is 759 g/mol. The van der Waals surface area contributed by atoms with Crippen molar-refractivity contribution < 1.29 is 33.3 Å². The van der Waals surface area contributed by atoms with E-state index in [0.29, 0.717) is 29.4 Å². The number of amides is 3. The molecule has 13 heteroatoms. The number of methoxy groups -OCH3 is 1. The molecule has 0 aromatic heterocycles. The summed E-state index contributed by atoms with van der Waals surface area (Å²) in [6, 6.07) is 15.6. The second kappa shape index (κ2) is 15.8. The third-order valence-electron chi connectivity index (χ3n) is 6.57. The minimum Gasteiger partial charge on any atom is -0.493 e. The van der Waals surface area contributed by atoms with Crippen molar-refractivity contribution in [3.8, 4) is 17.2 Å². The van der Waals surface area contributed by atoms with Crippen LogP contribution >= 0.6 is 38.5 Å². The predicted molar refractivity (Wildman–Crippen MR) is 180 cm³/mol. The van der Waals surface area contributed by atoms with Crippen LogP contribution in [0.3, 0.4) is 0 Å². The lowest BCUT2D eigenvalue weighted by Crippen LogP contribution is -2.45. The Morgan fingerprint density at radius 3 is 2.51 bits per heavy atom. The van der Waals surface area contributed by atoms with Crippen molar-refractivity contribution in [2.24, 2.45) is 5.10 Å². The number of carbonyl (C=O) groups excluding carboxylic acids is 3. The van der Waals surface area contributed by atoms with Crippen LogP contribution in [0.1, 0.15) is 42.1 Å². The predicted octanol–water partition coefficient (Wildman–Crippen LogP) is 5.67. The fraction of sp³-hybridized carbons (Fsp3) is 0.250. The van der Waals surface area contributed by atoms with E-state index < -0.39 is 23.9 Å². The number of nitrogens with zero attached hydrogens (tertiary/aromatic N) is 1. The van der Waals surface area contributed by atoms with E-state index in [2.05, 4.69) is 59.7 Å². The summed E-state index contributed by atoms with van der Waals surface area (Å²) in [6.45, 7) is 5.66. The van der Waals surface area contributed by atoms with Gasteiger partial charge in [0.1, 0.15) is 12.4 Å². The first-order chi connectivity index (χ1) is 21.6. The van der Waals surface area contributed by atoms with Gasteiger partial charge in [-0.3, -0.25) is 4.79 Å². The first-order valence-electron chi connectivity index (χ1n) is 13.8. The number of rotatable bonds is 12. The highest BCUT2D eigenvalue weighted by atomic mass is 127. The molecular formula is C32H32BrIN4O7. The average Bonchev–Trinajstić information content (AvgIpc) is 3.00. The Hall–Kier alpha value is -4.11. The van der Waals surface area contributed by atoms with Crippen LogP contribution in [0.4, 0.5) is 4.79 Å². The Balaban J connectivity index is 1.35. The number of urea groups is 1. The second-order valence-electron chi connectivity index (χ2n) is 9.87. The maximum atomic E-state index is 12.6. The highest BCUT2D eigenvalue weighted by molar-refractivity contribution is 14.1. The molecule has 0 saturated heterocycles. The number of hydrogen-bond acceptors (Lipinski definition) is 8. The topological polar surface area (TPSA) is 137 Å². The van der Waals surface area contributed by atoms with Gasteiger partial charge in [-0.1, -0.05) is 35.9 Å². The maximum Gasteiger partial charge on any atom is 0.338 e. The number of allylic oxidation sites excluding steroid dienone is 1. The van der Waals surface area contributed by atoms with Gasteiger partial charge in [-0.2, -0.15) is 5.10 Å². The highest BCUT2D eigenvalue weighted by Gasteiger charge is 2.32. The minimum absolute atomic E-state index is 0.186. The monoisotopic (exact) mass is 790 g/mol. The van der Waals surface area contributed by atoms with Crippen molar-refractivity contribution in [2.75, 3.05) is 20.3 Å². The zero-order valence-electron chi connectivity index (χ0n) is 25.0. The molecule has 11 nitrogen and oxygen atoms in total. The van der Waals surface area contributed by atoms with E-state index in [1.165, 1.54) is 18.9 Å². The number of carbonyl (C=O) groups is 3. The summed E-state index contributed by atoms with van der Waals surface area (Å²) in [4.78, 5) is 37.2. The van der Waals surface area contributed by atoms with Crippen LogP contribution in [0.15, 0.2) is 75.4 Å². The summed E-state index contributed by atoms with van der Waals surface area (Å²) in [5.41, 5.74) is 6.69. The van der Waals surface area contributed by atoms with Gasteiger partial charge in [-0.25, -0.2) is 15.0 Å².